The van der Waals surface area contributed by atoms with Crippen LogP contribution in [0, 0.1) is 5.92 Å². The molecule has 0 amide bonds. The summed E-state index contributed by atoms with van der Waals surface area (Å²) in [6.07, 6.45) is 0. The zero-order chi connectivity index (χ0) is 15.3. The van der Waals surface area contributed by atoms with Crippen LogP contribution in [0.1, 0.15) is 18.5 Å². The zero-order valence-corrected chi connectivity index (χ0v) is 14.4. The maximum Gasteiger partial charge on any atom is 0.310 e. The lowest BCUT2D eigenvalue weighted by atomic mass is 9.95. The van der Waals surface area contributed by atoms with Gasteiger partial charge >= 0.3 is 5.97 Å². The number of ether oxygens (including phenoxy) is 1. The predicted octanol–water partition coefficient (Wildman–Crippen LogP) is 3.86. The minimum absolute atomic E-state index is 0.231. The molecule has 1 rings (SSSR count). The molecular formula is C15H24ClNO2Si. The summed E-state index contributed by atoms with van der Waals surface area (Å²) >= 11 is 5.84. The van der Waals surface area contributed by atoms with Crippen molar-refractivity contribution in [2.75, 3.05) is 6.61 Å². The van der Waals surface area contributed by atoms with Gasteiger partial charge in [0.05, 0.1) is 12.5 Å². The maximum absolute atomic E-state index is 12.0. The van der Waals surface area contributed by atoms with Gasteiger partial charge in [-0.1, -0.05) is 50.3 Å². The van der Waals surface area contributed by atoms with Crippen molar-refractivity contribution in [3.63, 3.8) is 0 Å². The molecule has 0 aromatic heterocycles. The number of hydrogen-bond donors (Lipinski definition) is 1. The first-order valence-electron chi connectivity index (χ1n) is 6.88. The predicted molar refractivity (Wildman–Crippen MR) is 86.7 cm³/mol. The Kier molecular flexibility index (Phi) is 6.24. The molecule has 2 atom stereocenters. The van der Waals surface area contributed by atoms with E-state index in [4.69, 9.17) is 22.1 Å². The highest BCUT2D eigenvalue weighted by molar-refractivity contribution is 6.76. The first-order valence-corrected chi connectivity index (χ1v) is 11.0. The van der Waals surface area contributed by atoms with Crippen LogP contribution >= 0.6 is 11.6 Å². The van der Waals surface area contributed by atoms with Crippen LogP contribution in [0.4, 0.5) is 0 Å². The molecule has 0 aliphatic rings. The Morgan fingerprint density at radius 1 is 1.30 bits per heavy atom. The summed E-state index contributed by atoms with van der Waals surface area (Å²) in [5.41, 5.74) is 7.00. The molecule has 0 aliphatic heterocycles. The molecule has 3 nitrogen and oxygen atoms in total. The van der Waals surface area contributed by atoms with E-state index in [9.17, 15) is 4.79 Å². The fourth-order valence-corrected chi connectivity index (χ4v) is 2.55. The van der Waals surface area contributed by atoms with Crippen molar-refractivity contribution in [2.24, 2.45) is 11.7 Å². The lowest BCUT2D eigenvalue weighted by Crippen LogP contribution is -2.29. The fourth-order valence-electron chi connectivity index (χ4n) is 1.71. The van der Waals surface area contributed by atoms with E-state index in [1.54, 1.807) is 19.1 Å². The number of nitrogens with two attached hydrogens (primary N) is 1. The molecule has 0 unspecified atom stereocenters. The number of carbonyl (C=O) groups is 1. The molecule has 0 heterocycles. The molecule has 0 saturated heterocycles. The van der Waals surface area contributed by atoms with Gasteiger partial charge in [-0.05, 0) is 23.7 Å². The SMILES string of the molecule is C[C@H](C(=O)OCC[Si](C)(C)C)[C@H](N)c1ccc(Cl)cc1. The third kappa shape index (κ3) is 5.65. The van der Waals surface area contributed by atoms with E-state index in [1.807, 2.05) is 12.1 Å². The van der Waals surface area contributed by atoms with E-state index >= 15 is 0 Å². The summed E-state index contributed by atoms with van der Waals surface area (Å²) in [5.74, 6) is -0.594. The number of carbonyl (C=O) groups excluding carboxylic acids is 1. The van der Waals surface area contributed by atoms with Crippen molar-refractivity contribution >= 4 is 25.6 Å². The Balaban J connectivity index is 2.53. The molecule has 112 valence electrons. The first-order chi connectivity index (χ1) is 9.20. The summed E-state index contributed by atoms with van der Waals surface area (Å²) in [6.45, 7) is 9.06. The Morgan fingerprint density at radius 3 is 2.35 bits per heavy atom. The van der Waals surface area contributed by atoms with Crippen LogP contribution < -0.4 is 5.73 Å². The van der Waals surface area contributed by atoms with Gasteiger partial charge in [-0.15, -0.1) is 0 Å². The van der Waals surface area contributed by atoms with Crippen molar-refractivity contribution < 1.29 is 9.53 Å². The summed E-state index contributed by atoms with van der Waals surface area (Å²) in [6, 6.07) is 7.85. The Labute approximate surface area is 127 Å². The monoisotopic (exact) mass is 313 g/mol. The van der Waals surface area contributed by atoms with Crippen molar-refractivity contribution in [3.8, 4) is 0 Å². The van der Waals surface area contributed by atoms with E-state index in [-0.39, 0.29) is 17.9 Å². The van der Waals surface area contributed by atoms with Crippen LogP contribution in [0.3, 0.4) is 0 Å². The second kappa shape index (κ2) is 7.25. The Morgan fingerprint density at radius 2 is 1.85 bits per heavy atom. The van der Waals surface area contributed by atoms with Gasteiger partial charge in [0.1, 0.15) is 0 Å². The second-order valence-electron chi connectivity index (χ2n) is 6.34. The van der Waals surface area contributed by atoms with Crippen LogP contribution in [0.15, 0.2) is 24.3 Å². The molecule has 20 heavy (non-hydrogen) atoms. The number of benzene rings is 1. The molecule has 0 radical (unpaired) electrons. The maximum atomic E-state index is 12.0. The van der Waals surface area contributed by atoms with Crippen LogP contribution in [-0.4, -0.2) is 20.7 Å². The molecule has 1 aromatic rings. The number of halogens is 1. The molecule has 5 heteroatoms. The van der Waals surface area contributed by atoms with Crippen LogP contribution in [0.25, 0.3) is 0 Å². The zero-order valence-electron chi connectivity index (χ0n) is 12.7. The highest BCUT2D eigenvalue weighted by atomic mass is 35.5. The first kappa shape index (κ1) is 17.2. The molecular weight excluding hydrogens is 290 g/mol. The van der Waals surface area contributed by atoms with Gasteiger partial charge in [-0.2, -0.15) is 0 Å². The Bertz CT molecular complexity index is 442. The van der Waals surface area contributed by atoms with Crippen LogP contribution in [-0.2, 0) is 9.53 Å². The number of hydrogen-bond acceptors (Lipinski definition) is 3. The molecule has 0 spiro atoms. The van der Waals surface area contributed by atoms with Crippen molar-refractivity contribution in [2.45, 2.75) is 38.7 Å². The normalized spacial score (nSPS) is 14.7. The quantitative estimate of drug-likeness (QED) is 0.641. The van der Waals surface area contributed by atoms with Crippen molar-refractivity contribution in [1.82, 2.24) is 0 Å². The van der Waals surface area contributed by atoms with Crippen LogP contribution in [0.2, 0.25) is 30.7 Å². The highest BCUT2D eigenvalue weighted by Gasteiger charge is 2.24. The second-order valence-corrected chi connectivity index (χ2v) is 12.4. The summed E-state index contributed by atoms with van der Waals surface area (Å²) in [5, 5.41) is 0.659. The lowest BCUT2D eigenvalue weighted by molar-refractivity contribution is -0.148. The molecule has 0 fully saturated rings. The average Bonchev–Trinajstić information content (AvgIpc) is 2.36. The third-order valence-electron chi connectivity index (χ3n) is 3.26. The van der Waals surface area contributed by atoms with Crippen molar-refractivity contribution in [3.05, 3.63) is 34.9 Å². The van der Waals surface area contributed by atoms with Gasteiger partial charge in [0.2, 0.25) is 0 Å². The van der Waals surface area contributed by atoms with Gasteiger partial charge in [-0.3, -0.25) is 4.79 Å². The third-order valence-corrected chi connectivity index (χ3v) is 5.22. The molecule has 1 aromatic carbocycles. The highest BCUT2D eigenvalue weighted by Crippen LogP contribution is 2.22. The van der Waals surface area contributed by atoms with Crippen molar-refractivity contribution in [1.29, 1.82) is 0 Å². The minimum Gasteiger partial charge on any atom is -0.466 e. The van der Waals surface area contributed by atoms with Gasteiger partial charge in [0.15, 0.2) is 0 Å². The topological polar surface area (TPSA) is 52.3 Å². The van der Waals surface area contributed by atoms with Crippen LogP contribution in [0.5, 0.6) is 0 Å². The molecule has 2 N–H and O–H groups in total. The van der Waals surface area contributed by atoms with E-state index in [1.165, 1.54) is 0 Å². The average molecular weight is 314 g/mol. The van der Waals surface area contributed by atoms with E-state index in [2.05, 4.69) is 19.6 Å². The standard InChI is InChI=1S/C15H24ClNO2Si/c1-11(15(18)19-9-10-20(2,3)4)14(17)12-5-7-13(16)8-6-12/h5-8,11,14H,9-10,17H2,1-4H3/t11-,14-/m0/s1. The number of esters is 1. The number of rotatable bonds is 6. The Hall–Kier alpha value is -0.843. The lowest BCUT2D eigenvalue weighted by Gasteiger charge is -2.21. The summed E-state index contributed by atoms with van der Waals surface area (Å²) < 4.78 is 5.34. The largest absolute Gasteiger partial charge is 0.466 e. The van der Waals surface area contributed by atoms with E-state index < -0.39 is 8.07 Å². The van der Waals surface area contributed by atoms with Gasteiger partial charge in [-0.25, -0.2) is 0 Å². The molecule has 0 bridgehead atoms. The minimum atomic E-state index is -1.18. The van der Waals surface area contributed by atoms with E-state index in [0.29, 0.717) is 11.6 Å². The van der Waals surface area contributed by atoms with Gasteiger partial charge < -0.3 is 10.5 Å². The molecule has 0 saturated carbocycles. The van der Waals surface area contributed by atoms with E-state index in [0.717, 1.165) is 11.6 Å². The molecule has 0 aliphatic carbocycles. The summed E-state index contributed by atoms with van der Waals surface area (Å²) in [7, 11) is -1.18. The fraction of sp³-hybridized carbons (Fsp3) is 0.533. The van der Waals surface area contributed by atoms with Gasteiger partial charge in [0, 0.05) is 19.1 Å². The van der Waals surface area contributed by atoms with Gasteiger partial charge in [0.25, 0.3) is 0 Å². The smallest absolute Gasteiger partial charge is 0.310 e. The summed E-state index contributed by atoms with van der Waals surface area (Å²) in [4.78, 5) is 12.0.